The summed E-state index contributed by atoms with van der Waals surface area (Å²) in [6.45, 7) is 0.0966. The third kappa shape index (κ3) is 4.21. The normalized spacial score (nSPS) is 12.0. The van der Waals surface area contributed by atoms with Crippen molar-refractivity contribution in [1.29, 1.82) is 0 Å². The second kappa shape index (κ2) is 7.61. The van der Waals surface area contributed by atoms with E-state index < -0.39 is 12.0 Å². The van der Waals surface area contributed by atoms with Crippen molar-refractivity contribution >= 4 is 29.1 Å². The maximum Gasteiger partial charge on any atom is 0.253 e. The second-order valence-corrected chi connectivity index (χ2v) is 5.62. The second-order valence-electron chi connectivity index (χ2n) is 4.75. The highest BCUT2D eigenvalue weighted by molar-refractivity contribution is 6.34. The summed E-state index contributed by atoms with van der Waals surface area (Å²) in [5, 5.41) is 22.6. The molecule has 0 aromatic heterocycles. The monoisotopic (exact) mass is 339 g/mol. The summed E-state index contributed by atoms with van der Waals surface area (Å²) in [4.78, 5) is 12.0. The van der Waals surface area contributed by atoms with Crippen LogP contribution in [0, 0.1) is 0 Å². The van der Waals surface area contributed by atoms with Gasteiger partial charge in [0.25, 0.3) is 5.91 Å². The summed E-state index contributed by atoms with van der Waals surface area (Å²) >= 11 is 11.7. The molecule has 0 fully saturated rings. The Bertz CT molecular complexity index is 656. The molecule has 1 atom stereocenters. The number of aliphatic hydroxyl groups is 2. The Hall–Kier alpha value is -1.59. The number of benzene rings is 2. The van der Waals surface area contributed by atoms with Crippen LogP contribution in [0.2, 0.25) is 10.0 Å². The number of rotatable bonds is 5. The van der Waals surface area contributed by atoms with Crippen molar-refractivity contribution in [3.8, 4) is 0 Å². The van der Waals surface area contributed by atoms with Crippen LogP contribution in [0.4, 0.5) is 0 Å². The first-order valence-electron chi connectivity index (χ1n) is 6.60. The lowest BCUT2D eigenvalue weighted by molar-refractivity contribution is -0.129. The van der Waals surface area contributed by atoms with Gasteiger partial charge < -0.3 is 15.5 Å². The van der Waals surface area contributed by atoms with Gasteiger partial charge in [-0.05, 0) is 34.9 Å². The number of nitrogens with one attached hydrogen (secondary N) is 1. The fourth-order valence-electron chi connectivity index (χ4n) is 2.05. The molecule has 0 spiro atoms. The molecule has 0 saturated heterocycles. The minimum Gasteiger partial charge on any atom is -0.392 e. The summed E-state index contributed by atoms with van der Waals surface area (Å²) < 4.78 is 0. The van der Waals surface area contributed by atoms with E-state index in [-0.39, 0.29) is 13.2 Å². The van der Waals surface area contributed by atoms with E-state index in [1.807, 2.05) is 6.07 Å². The molecule has 0 aliphatic heterocycles. The summed E-state index contributed by atoms with van der Waals surface area (Å²) in [6.07, 6.45) is -1.36. The van der Waals surface area contributed by atoms with Gasteiger partial charge in [0.15, 0.2) is 6.10 Å². The number of aliphatic hydroxyl groups excluding tert-OH is 2. The molecule has 6 heteroatoms. The number of carbonyl (C=O) groups excluding carboxylic acids is 1. The Kier molecular flexibility index (Phi) is 5.80. The molecule has 2 rings (SSSR count). The first-order chi connectivity index (χ1) is 10.5. The highest BCUT2D eigenvalue weighted by Gasteiger charge is 2.18. The first kappa shape index (κ1) is 16.8. The van der Waals surface area contributed by atoms with E-state index in [0.717, 1.165) is 11.1 Å². The molecule has 4 nitrogen and oxygen atoms in total. The number of amides is 1. The van der Waals surface area contributed by atoms with E-state index in [2.05, 4.69) is 5.32 Å². The highest BCUT2D eigenvalue weighted by atomic mass is 35.5. The van der Waals surface area contributed by atoms with Crippen molar-refractivity contribution in [3.63, 3.8) is 0 Å². The van der Waals surface area contributed by atoms with Gasteiger partial charge in [-0.1, -0.05) is 47.5 Å². The van der Waals surface area contributed by atoms with Crippen LogP contribution in [-0.2, 0) is 17.9 Å². The molecular formula is C16H15Cl2NO3. The summed E-state index contributed by atoms with van der Waals surface area (Å²) in [5.74, 6) is -0.564. The van der Waals surface area contributed by atoms with Crippen LogP contribution < -0.4 is 5.32 Å². The van der Waals surface area contributed by atoms with Crippen LogP contribution in [0.1, 0.15) is 22.8 Å². The van der Waals surface area contributed by atoms with Crippen LogP contribution in [0.25, 0.3) is 0 Å². The van der Waals surface area contributed by atoms with E-state index in [0.29, 0.717) is 15.6 Å². The molecule has 2 aromatic rings. The lowest BCUT2D eigenvalue weighted by Gasteiger charge is -2.14. The molecule has 0 radical (unpaired) electrons. The predicted molar refractivity (Wildman–Crippen MR) is 85.6 cm³/mol. The SMILES string of the molecule is O=C(NCc1ccccc1CO)C(O)c1cc(Cl)cc(Cl)c1. The molecule has 0 heterocycles. The van der Waals surface area contributed by atoms with Crippen LogP contribution in [0.15, 0.2) is 42.5 Å². The zero-order valence-corrected chi connectivity index (χ0v) is 13.1. The number of halogens is 2. The molecule has 0 aliphatic carbocycles. The lowest BCUT2D eigenvalue weighted by Crippen LogP contribution is -2.29. The van der Waals surface area contributed by atoms with E-state index in [1.54, 1.807) is 18.2 Å². The smallest absolute Gasteiger partial charge is 0.253 e. The van der Waals surface area contributed by atoms with Crippen LogP contribution in [-0.4, -0.2) is 16.1 Å². The molecule has 1 unspecified atom stereocenters. The molecule has 0 bridgehead atoms. The molecule has 2 aromatic carbocycles. The zero-order chi connectivity index (χ0) is 16.1. The molecule has 0 saturated carbocycles. The van der Waals surface area contributed by atoms with E-state index >= 15 is 0 Å². The summed E-state index contributed by atoms with van der Waals surface area (Å²) in [6, 6.07) is 11.7. The number of carbonyl (C=O) groups is 1. The average Bonchev–Trinajstić information content (AvgIpc) is 2.51. The van der Waals surface area contributed by atoms with Gasteiger partial charge in [-0.2, -0.15) is 0 Å². The van der Waals surface area contributed by atoms with Crippen LogP contribution in [0.5, 0.6) is 0 Å². The Morgan fingerprint density at radius 3 is 2.27 bits per heavy atom. The Morgan fingerprint density at radius 1 is 1.09 bits per heavy atom. The van der Waals surface area contributed by atoms with Crippen molar-refractivity contribution in [2.75, 3.05) is 0 Å². The minimum atomic E-state index is -1.36. The molecule has 0 aliphatic rings. The lowest BCUT2D eigenvalue weighted by atomic mass is 10.1. The number of hydrogen-bond donors (Lipinski definition) is 3. The van der Waals surface area contributed by atoms with Gasteiger partial charge in [-0.3, -0.25) is 4.79 Å². The molecule has 22 heavy (non-hydrogen) atoms. The first-order valence-corrected chi connectivity index (χ1v) is 7.36. The molecule has 3 N–H and O–H groups in total. The standard InChI is InChI=1S/C16H15Cl2NO3/c17-13-5-12(6-14(18)7-13)15(21)16(22)19-8-10-3-1-2-4-11(10)9-20/h1-7,15,20-21H,8-9H2,(H,19,22). The Balaban J connectivity index is 2.05. The summed E-state index contributed by atoms with van der Waals surface area (Å²) in [5.41, 5.74) is 1.84. The third-order valence-electron chi connectivity index (χ3n) is 3.19. The van der Waals surface area contributed by atoms with Crippen molar-refractivity contribution < 1.29 is 15.0 Å². The van der Waals surface area contributed by atoms with E-state index in [4.69, 9.17) is 23.2 Å². The van der Waals surface area contributed by atoms with Crippen LogP contribution >= 0.6 is 23.2 Å². The third-order valence-corrected chi connectivity index (χ3v) is 3.63. The van der Waals surface area contributed by atoms with Gasteiger partial charge in [-0.25, -0.2) is 0 Å². The molecule has 116 valence electrons. The Morgan fingerprint density at radius 2 is 1.68 bits per heavy atom. The largest absolute Gasteiger partial charge is 0.392 e. The number of hydrogen-bond acceptors (Lipinski definition) is 3. The maximum absolute atomic E-state index is 12.0. The van der Waals surface area contributed by atoms with E-state index in [9.17, 15) is 15.0 Å². The quantitative estimate of drug-likeness (QED) is 0.784. The fourth-order valence-corrected chi connectivity index (χ4v) is 2.59. The summed E-state index contributed by atoms with van der Waals surface area (Å²) in [7, 11) is 0. The average molecular weight is 340 g/mol. The molecular weight excluding hydrogens is 325 g/mol. The van der Waals surface area contributed by atoms with Gasteiger partial charge in [0.05, 0.1) is 6.61 Å². The van der Waals surface area contributed by atoms with Crippen molar-refractivity contribution in [1.82, 2.24) is 5.32 Å². The van der Waals surface area contributed by atoms with Gasteiger partial charge in [0.2, 0.25) is 0 Å². The minimum absolute atomic E-state index is 0.113. The fraction of sp³-hybridized carbons (Fsp3) is 0.188. The highest BCUT2D eigenvalue weighted by Crippen LogP contribution is 2.23. The zero-order valence-electron chi connectivity index (χ0n) is 11.6. The van der Waals surface area contributed by atoms with Crippen molar-refractivity contribution in [2.24, 2.45) is 0 Å². The van der Waals surface area contributed by atoms with Gasteiger partial charge in [0, 0.05) is 16.6 Å². The van der Waals surface area contributed by atoms with E-state index in [1.165, 1.54) is 18.2 Å². The Labute approximate surface area is 138 Å². The maximum atomic E-state index is 12.0. The van der Waals surface area contributed by atoms with Crippen LogP contribution in [0.3, 0.4) is 0 Å². The van der Waals surface area contributed by atoms with Gasteiger partial charge >= 0.3 is 0 Å². The predicted octanol–water partition coefficient (Wildman–Crippen LogP) is 2.84. The van der Waals surface area contributed by atoms with Gasteiger partial charge in [-0.15, -0.1) is 0 Å². The van der Waals surface area contributed by atoms with Gasteiger partial charge in [0.1, 0.15) is 0 Å². The van der Waals surface area contributed by atoms with Crippen molar-refractivity contribution in [3.05, 3.63) is 69.2 Å². The molecule has 1 amide bonds. The van der Waals surface area contributed by atoms with Crippen molar-refractivity contribution in [2.45, 2.75) is 19.3 Å². The topological polar surface area (TPSA) is 69.6 Å².